The first kappa shape index (κ1) is 11.9. The van der Waals surface area contributed by atoms with Crippen molar-refractivity contribution in [1.82, 2.24) is 4.90 Å². The lowest BCUT2D eigenvalue weighted by atomic mass is 10.1. The first-order valence-corrected chi connectivity index (χ1v) is 4.33. The summed E-state index contributed by atoms with van der Waals surface area (Å²) in [5.74, 6) is 0. The van der Waals surface area contributed by atoms with Gasteiger partial charge in [-0.25, -0.2) is 0 Å². The van der Waals surface area contributed by atoms with E-state index in [2.05, 4.69) is 11.5 Å². The van der Waals surface area contributed by atoms with E-state index in [1.165, 1.54) is 32.4 Å². The van der Waals surface area contributed by atoms with Crippen LogP contribution in [0.4, 0.5) is 0 Å². The van der Waals surface area contributed by atoms with Gasteiger partial charge in [-0.2, -0.15) is 0 Å². The molecule has 0 amide bonds. The maximum absolute atomic E-state index is 8.36. The molecule has 1 N–H and O–H groups in total. The van der Waals surface area contributed by atoms with Crippen molar-refractivity contribution in [3.63, 3.8) is 0 Å². The summed E-state index contributed by atoms with van der Waals surface area (Å²) in [6.45, 7) is 7.36. The Labute approximate surface area is 77.8 Å². The van der Waals surface area contributed by atoms with Gasteiger partial charge in [0.1, 0.15) is 0 Å². The molecule has 76 valence electrons. The molecule has 1 heterocycles. The van der Waals surface area contributed by atoms with Gasteiger partial charge < -0.3 is 5.21 Å². The molecule has 0 aromatic heterocycles. The van der Waals surface area contributed by atoms with Gasteiger partial charge in [0.15, 0.2) is 0 Å². The van der Waals surface area contributed by atoms with E-state index in [0.29, 0.717) is 0 Å². The van der Waals surface area contributed by atoms with E-state index in [-0.39, 0.29) is 0 Å². The summed E-state index contributed by atoms with van der Waals surface area (Å²) in [4.78, 5) is 10.8. The second-order valence-corrected chi connectivity index (χ2v) is 2.89. The summed E-state index contributed by atoms with van der Waals surface area (Å²) in [7, 11) is 0. The van der Waals surface area contributed by atoms with Crippen molar-refractivity contribution >= 4 is 0 Å². The third kappa shape index (κ3) is 8.81. The van der Waals surface area contributed by atoms with Crippen molar-refractivity contribution in [3.8, 4) is 0 Å². The first-order valence-electron chi connectivity index (χ1n) is 4.33. The average molecular weight is 188 g/mol. The van der Waals surface area contributed by atoms with Crippen LogP contribution in [0, 0.1) is 10.1 Å². The molecule has 1 aliphatic heterocycles. The summed E-state index contributed by atoms with van der Waals surface area (Å²) in [6.07, 6.45) is 6.18. The number of piperidine rings is 1. The second-order valence-electron chi connectivity index (χ2n) is 2.89. The fourth-order valence-electron chi connectivity index (χ4n) is 1.32. The molecule has 5 nitrogen and oxygen atoms in total. The number of rotatable bonds is 2. The van der Waals surface area contributed by atoms with Gasteiger partial charge in [-0.15, -0.1) is 16.7 Å². The number of nitrogens with zero attached hydrogens (tertiary/aromatic N) is 2. The highest BCUT2D eigenvalue weighted by molar-refractivity contribution is 4.75. The predicted molar refractivity (Wildman–Crippen MR) is 49.3 cm³/mol. The number of likely N-dealkylation sites (tertiary alicyclic amines) is 1. The summed E-state index contributed by atoms with van der Waals surface area (Å²) < 4.78 is 0. The van der Waals surface area contributed by atoms with E-state index in [9.17, 15) is 0 Å². The zero-order chi connectivity index (χ0) is 10.1. The maximum atomic E-state index is 8.36. The summed E-state index contributed by atoms with van der Waals surface area (Å²) in [5, 5.41) is 13.6. The van der Waals surface area contributed by atoms with E-state index in [1.54, 1.807) is 0 Å². The summed E-state index contributed by atoms with van der Waals surface area (Å²) >= 11 is 0. The van der Waals surface area contributed by atoms with Crippen LogP contribution < -0.4 is 0 Å². The minimum atomic E-state index is -1.50. The summed E-state index contributed by atoms with van der Waals surface area (Å²) in [6, 6.07) is 0. The minimum Gasteiger partial charge on any atom is -0.328 e. The van der Waals surface area contributed by atoms with Crippen molar-refractivity contribution < 1.29 is 10.3 Å². The molecule has 5 heteroatoms. The molecule has 1 aliphatic rings. The molecule has 0 unspecified atom stereocenters. The van der Waals surface area contributed by atoms with Crippen LogP contribution in [-0.4, -0.2) is 34.8 Å². The molecule has 1 fully saturated rings. The molecule has 0 aromatic carbocycles. The van der Waals surface area contributed by atoms with Crippen LogP contribution in [0.15, 0.2) is 12.7 Å². The Kier molecular flexibility index (Phi) is 6.91. The van der Waals surface area contributed by atoms with Crippen LogP contribution in [0.1, 0.15) is 19.3 Å². The Morgan fingerprint density at radius 1 is 1.46 bits per heavy atom. The van der Waals surface area contributed by atoms with Gasteiger partial charge in [0.05, 0.1) is 0 Å². The molecule has 13 heavy (non-hydrogen) atoms. The van der Waals surface area contributed by atoms with Crippen molar-refractivity contribution in [3.05, 3.63) is 22.8 Å². The molecule has 0 aliphatic carbocycles. The van der Waals surface area contributed by atoms with Crippen LogP contribution in [0.3, 0.4) is 0 Å². The van der Waals surface area contributed by atoms with E-state index in [4.69, 9.17) is 15.3 Å². The third-order valence-corrected chi connectivity index (χ3v) is 1.84. The molecule has 1 saturated heterocycles. The van der Waals surface area contributed by atoms with Crippen molar-refractivity contribution in [2.45, 2.75) is 19.3 Å². The van der Waals surface area contributed by atoms with Gasteiger partial charge in [0.2, 0.25) is 0 Å². The monoisotopic (exact) mass is 188 g/mol. The Hall–Kier alpha value is -1.10. The Morgan fingerprint density at radius 2 is 1.92 bits per heavy atom. The molecule has 0 radical (unpaired) electrons. The highest BCUT2D eigenvalue weighted by Gasteiger charge is 2.06. The molecule has 0 bridgehead atoms. The smallest absolute Gasteiger partial charge is 0.291 e. The minimum absolute atomic E-state index is 1.08. The lowest BCUT2D eigenvalue weighted by Gasteiger charge is -2.24. The van der Waals surface area contributed by atoms with Gasteiger partial charge in [-0.05, 0) is 25.9 Å². The van der Waals surface area contributed by atoms with Crippen LogP contribution in [-0.2, 0) is 0 Å². The highest BCUT2D eigenvalue weighted by atomic mass is 16.9. The van der Waals surface area contributed by atoms with E-state index >= 15 is 0 Å². The lowest BCUT2D eigenvalue weighted by Crippen LogP contribution is -2.29. The molecular weight excluding hydrogens is 172 g/mol. The van der Waals surface area contributed by atoms with Crippen LogP contribution in [0.25, 0.3) is 0 Å². The number of hydrogen-bond donors (Lipinski definition) is 1. The van der Waals surface area contributed by atoms with Crippen LogP contribution in [0.5, 0.6) is 0 Å². The van der Waals surface area contributed by atoms with Gasteiger partial charge in [-0.3, -0.25) is 4.90 Å². The number of hydrogen-bond acceptors (Lipinski definition) is 3. The SMILES string of the molecule is C=CCN1CCCCC1.O=[N+]([O-])O. The van der Waals surface area contributed by atoms with Crippen molar-refractivity contribution in [2.24, 2.45) is 0 Å². The molecule has 0 saturated carbocycles. The predicted octanol–water partition coefficient (Wildman–Crippen LogP) is 1.31. The van der Waals surface area contributed by atoms with Crippen LogP contribution >= 0.6 is 0 Å². The van der Waals surface area contributed by atoms with Gasteiger partial charge >= 0.3 is 0 Å². The molecule has 0 aromatic rings. The second kappa shape index (κ2) is 7.54. The van der Waals surface area contributed by atoms with Gasteiger partial charge in [-0.1, -0.05) is 12.5 Å². The third-order valence-electron chi connectivity index (χ3n) is 1.84. The van der Waals surface area contributed by atoms with Gasteiger partial charge in [0.25, 0.3) is 5.09 Å². The fraction of sp³-hybridized carbons (Fsp3) is 0.750. The maximum Gasteiger partial charge on any atom is 0.291 e. The Balaban J connectivity index is 0.000000310. The average Bonchev–Trinajstić information content (AvgIpc) is 2.06. The molecule has 0 spiro atoms. The largest absolute Gasteiger partial charge is 0.328 e. The summed E-state index contributed by atoms with van der Waals surface area (Å²) in [5.41, 5.74) is 0. The standard InChI is InChI=1S/C8H15N.HNO3/c1-2-6-9-7-4-3-5-8-9;2-1(3)4/h2H,1,3-8H2;(H,2,3,4). The quantitative estimate of drug-likeness (QED) is 0.403. The molecular formula is C8H16N2O3. The molecule has 0 atom stereocenters. The van der Waals surface area contributed by atoms with Gasteiger partial charge in [0, 0.05) is 6.54 Å². The molecule has 1 rings (SSSR count). The zero-order valence-electron chi connectivity index (χ0n) is 7.69. The van der Waals surface area contributed by atoms with E-state index < -0.39 is 5.09 Å². The van der Waals surface area contributed by atoms with Crippen molar-refractivity contribution in [2.75, 3.05) is 19.6 Å². The van der Waals surface area contributed by atoms with Crippen LogP contribution in [0.2, 0.25) is 0 Å². The van der Waals surface area contributed by atoms with E-state index in [0.717, 1.165) is 6.54 Å². The Bertz CT molecular complexity index is 151. The first-order chi connectivity index (χ1) is 6.16. The fourth-order valence-corrected chi connectivity index (χ4v) is 1.32. The zero-order valence-corrected chi connectivity index (χ0v) is 7.69. The topological polar surface area (TPSA) is 66.6 Å². The van der Waals surface area contributed by atoms with Crippen molar-refractivity contribution in [1.29, 1.82) is 0 Å². The lowest BCUT2D eigenvalue weighted by molar-refractivity contribution is -0.742. The Morgan fingerprint density at radius 3 is 2.31 bits per heavy atom. The van der Waals surface area contributed by atoms with E-state index in [1.807, 2.05) is 6.08 Å². The normalized spacial score (nSPS) is 16.9. The highest BCUT2D eigenvalue weighted by Crippen LogP contribution is 2.07.